The van der Waals surface area contributed by atoms with Crippen molar-refractivity contribution < 1.29 is 18.4 Å². The van der Waals surface area contributed by atoms with Crippen LogP contribution in [0.1, 0.15) is 13.3 Å². The quantitative estimate of drug-likeness (QED) is 0.919. The Bertz CT molecular complexity index is 719. The summed E-state index contributed by atoms with van der Waals surface area (Å²) in [6.45, 7) is 1.29. The van der Waals surface area contributed by atoms with Crippen LogP contribution in [0.2, 0.25) is 0 Å². The van der Waals surface area contributed by atoms with Gasteiger partial charge in [-0.15, -0.1) is 0 Å². The van der Waals surface area contributed by atoms with E-state index in [4.69, 9.17) is 0 Å². The van der Waals surface area contributed by atoms with Gasteiger partial charge in [0.25, 0.3) is 0 Å². The highest BCUT2D eigenvalue weighted by Crippen LogP contribution is 2.19. The predicted molar refractivity (Wildman–Crippen MR) is 84.1 cm³/mol. The Labute approximate surface area is 132 Å². The summed E-state index contributed by atoms with van der Waals surface area (Å²) in [7, 11) is 0. The topological polar surface area (TPSA) is 49.4 Å². The molecule has 0 aliphatic carbocycles. The van der Waals surface area contributed by atoms with E-state index in [1.165, 1.54) is 48.2 Å². The third kappa shape index (κ3) is 4.35. The van der Waals surface area contributed by atoms with Crippen LogP contribution in [0, 0.1) is 11.6 Å². The van der Waals surface area contributed by atoms with Crippen molar-refractivity contribution in [2.45, 2.75) is 13.3 Å². The van der Waals surface area contributed by atoms with Crippen LogP contribution in [0.4, 0.5) is 20.2 Å². The van der Waals surface area contributed by atoms with Gasteiger partial charge in [-0.1, -0.05) is 24.3 Å². The van der Waals surface area contributed by atoms with E-state index in [0.29, 0.717) is 0 Å². The van der Waals surface area contributed by atoms with E-state index in [1.807, 2.05) is 0 Å². The Kier molecular flexibility index (Phi) is 5.41. The molecule has 0 atom stereocenters. The summed E-state index contributed by atoms with van der Waals surface area (Å²) in [6, 6.07) is 11.6. The molecule has 0 spiro atoms. The number of hydrogen-bond donors (Lipinski definition) is 1. The van der Waals surface area contributed by atoms with Gasteiger partial charge in [-0.25, -0.2) is 8.78 Å². The third-order valence-corrected chi connectivity index (χ3v) is 3.23. The van der Waals surface area contributed by atoms with Crippen molar-refractivity contribution in [3.05, 3.63) is 60.2 Å². The molecule has 0 aromatic heterocycles. The summed E-state index contributed by atoms with van der Waals surface area (Å²) in [5.74, 6) is -1.93. The molecule has 0 bridgehead atoms. The molecule has 2 aromatic carbocycles. The molecule has 120 valence electrons. The van der Waals surface area contributed by atoms with E-state index >= 15 is 0 Å². The first-order chi connectivity index (χ1) is 11.0. The smallest absolute Gasteiger partial charge is 0.226 e. The number of hydrogen-bond acceptors (Lipinski definition) is 2. The van der Waals surface area contributed by atoms with E-state index in [-0.39, 0.29) is 30.2 Å². The highest BCUT2D eigenvalue weighted by Gasteiger charge is 2.17. The number of halogens is 2. The number of para-hydroxylation sites is 2. The Morgan fingerprint density at radius 2 is 1.61 bits per heavy atom. The molecule has 2 amide bonds. The first-order valence-electron chi connectivity index (χ1n) is 7.06. The molecular formula is C17H16F2N2O2. The largest absolute Gasteiger partial charge is 0.324 e. The highest BCUT2D eigenvalue weighted by atomic mass is 19.1. The van der Waals surface area contributed by atoms with Crippen molar-refractivity contribution in [3.63, 3.8) is 0 Å². The zero-order valence-corrected chi connectivity index (χ0v) is 12.6. The molecule has 0 aliphatic heterocycles. The molecule has 0 saturated heterocycles. The van der Waals surface area contributed by atoms with Gasteiger partial charge in [-0.05, 0) is 24.3 Å². The normalized spacial score (nSPS) is 10.2. The van der Waals surface area contributed by atoms with Gasteiger partial charge >= 0.3 is 0 Å². The second-order valence-corrected chi connectivity index (χ2v) is 4.90. The summed E-state index contributed by atoms with van der Waals surface area (Å²) in [5.41, 5.74) is 0.177. The lowest BCUT2D eigenvalue weighted by Gasteiger charge is -2.21. The molecule has 2 aromatic rings. The first-order valence-corrected chi connectivity index (χ1v) is 7.06. The van der Waals surface area contributed by atoms with Crippen LogP contribution in [-0.2, 0) is 9.59 Å². The van der Waals surface area contributed by atoms with Crippen molar-refractivity contribution >= 4 is 23.2 Å². The van der Waals surface area contributed by atoms with Crippen LogP contribution >= 0.6 is 0 Å². The van der Waals surface area contributed by atoms with Gasteiger partial charge in [0, 0.05) is 19.9 Å². The Hall–Kier alpha value is -2.76. The van der Waals surface area contributed by atoms with Crippen molar-refractivity contribution in [2.75, 3.05) is 16.8 Å². The summed E-state index contributed by atoms with van der Waals surface area (Å²) in [5, 5.41) is 2.42. The standard InChI is InChI=1S/C17H16F2N2O2/c1-12(22)21(16-9-5-3-7-14(16)19)11-10-17(23)20-15-8-4-2-6-13(15)18/h2-9H,10-11H2,1H3,(H,20,23). The predicted octanol–water partition coefficient (Wildman–Crippen LogP) is 3.35. The number of amides is 2. The van der Waals surface area contributed by atoms with Crippen LogP contribution in [-0.4, -0.2) is 18.4 Å². The Morgan fingerprint density at radius 1 is 1.00 bits per heavy atom. The maximum Gasteiger partial charge on any atom is 0.226 e. The van der Waals surface area contributed by atoms with Crippen LogP contribution in [0.5, 0.6) is 0 Å². The van der Waals surface area contributed by atoms with Crippen LogP contribution in [0.15, 0.2) is 48.5 Å². The van der Waals surface area contributed by atoms with Gasteiger partial charge in [0.05, 0.1) is 11.4 Å². The number of anilines is 2. The van der Waals surface area contributed by atoms with Gasteiger partial charge in [-0.3, -0.25) is 9.59 Å². The molecule has 23 heavy (non-hydrogen) atoms. The maximum atomic E-state index is 13.8. The van der Waals surface area contributed by atoms with Gasteiger partial charge in [-0.2, -0.15) is 0 Å². The maximum absolute atomic E-state index is 13.8. The summed E-state index contributed by atoms with van der Waals surface area (Å²) in [4.78, 5) is 24.8. The lowest BCUT2D eigenvalue weighted by atomic mass is 10.2. The molecule has 4 nitrogen and oxygen atoms in total. The van der Waals surface area contributed by atoms with E-state index in [0.717, 1.165) is 0 Å². The number of carbonyl (C=O) groups excluding carboxylic acids is 2. The molecule has 0 fully saturated rings. The van der Waals surface area contributed by atoms with Gasteiger partial charge < -0.3 is 10.2 Å². The third-order valence-electron chi connectivity index (χ3n) is 3.23. The molecule has 6 heteroatoms. The summed E-state index contributed by atoms with van der Waals surface area (Å²) < 4.78 is 27.2. The molecular weight excluding hydrogens is 302 g/mol. The van der Waals surface area contributed by atoms with E-state index in [2.05, 4.69) is 5.32 Å². The summed E-state index contributed by atoms with van der Waals surface area (Å²) >= 11 is 0. The fourth-order valence-electron chi connectivity index (χ4n) is 2.11. The van der Waals surface area contributed by atoms with Crippen molar-refractivity contribution in [1.82, 2.24) is 0 Å². The second kappa shape index (κ2) is 7.49. The van der Waals surface area contributed by atoms with Crippen LogP contribution in [0.25, 0.3) is 0 Å². The van der Waals surface area contributed by atoms with Gasteiger partial charge in [0.15, 0.2) is 0 Å². The highest BCUT2D eigenvalue weighted by molar-refractivity contribution is 5.94. The molecule has 0 radical (unpaired) electrons. The molecule has 0 unspecified atom stereocenters. The fourth-order valence-corrected chi connectivity index (χ4v) is 2.11. The van der Waals surface area contributed by atoms with E-state index < -0.39 is 17.5 Å². The molecule has 0 aliphatic rings. The van der Waals surface area contributed by atoms with Crippen LogP contribution in [0.3, 0.4) is 0 Å². The molecule has 1 N–H and O–H groups in total. The minimum Gasteiger partial charge on any atom is -0.324 e. The Morgan fingerprint density at radius 3 is 2.22 bits per heavy atom. The zero-order chi connectivity index (χ0) is 16.8. The van der Waals surface area contributed by atoms with Crippen molar-refractivity contribution in [3.8, 4) is 0 Å². The molecule has 2 rings (SSSR count). The van der Waals surface area contributed by atoms with E-state index in [1.54, 1.807) is 12.1 Å². The molecule has 0 saturated carbocycles. The number of benzene rings is 2. The first kappa shape index (κ1) is 16.6. The van der Waals surface area contributed by atoms with E-state index in [9.17, 15) is 18.4 Å². The second-order valence-electron chi connectivity index (χ2n) is 4.90. The lowest BCUT2D eigenvalue weighted by Crippen LogP contribution is -2.32. The average molecular weight is 318 g/mol. The number of carbonyl (C=O) groups is 2. The fraction of sp³-hybridized carbons (Fsp3) is 0.176. The Balaban J connectivity index is 2.02. The number of nitrogens with one attached hydrogen (secondary N) is 1. The number of rotatable bonds is 5. The van der Waals surface area contributed by atoms with Gasteiger partial charge in [0.1, 0.15) is 11.6 Å². The minimum absolute atomic E-state index is 0.00342. The van der Waals surface area contributed by atoms with Gasteiger partial charge in [0.2, 0.25) is 11.8 Å². The SMILES string of the molecule is CC(=O)N(CCC(=O)Nc1ccccc1F)c1ccccc1F. The summed E-state index contributed by atoms with van der Waals surface area (Å²) in [6.07, 6.45) is -0.0811. The van der Waals surface area contributed by atoms with Crippen molar-refractivity contribution in [1.29, 1.82) is 0 Å². The van der Waals surface area contributed by atoms with Crippen molar-refractivity contribution in [2.24, 2.45) is 0 Å². The monoisotopic (exact) mass is 318 g/mol. The minimum atomic E-state index is -0.544. The average Bonchev–Trinajstić information content (AvgIpc) is 2.51. The number of nitrogens with zero attached hydrogens (tertiary/aromatic N) is 1. The zero-order valence-electron chi connectivity index (χ0n) is 12.6. The molecule has 0 heterocycles. The lowest BCUT2D eigenvalue weighted by molar-refractivity contribution is -0.117. The van der Waals surface area contributed by atoms with Crippen LogP contribution < -0.4 is 10.2 Å².